The minimum Gasteiger partial charge on any atom is -0.368 e. The summed E-state index contributed by atoms with van der Waals surface area (Å²) in [5, 5.41) is 0.964. The first-order chi connectivity index (χ1) is 10.6. The van der Waals surface area contributed by atoms with Gasteiger partial charge in [0.15, 0.2) is 0 Å². The number of nitrogens with one attached hydrogen (secondary N) is 1. The van der Waals surface area contributed by atoms with Crippen molar-refractivity contribution in [2.45, 2.75) is 31.5 Å². The molecule has 0 spiro atoms. The SMILES string of the molecule is NC(=O)[C@@H]1C[C@@H](F)CN1C(=O)CCc1c[nH]c2ncccc12. The van der Waals surface area contributed by atoms with Crippen LogP contribution in [0.25, 0.3) is 11.0 Å². The molecule has 3 heterocycles. The maximum absolute atomic E-state index is 13.5. The second-order valence-electron chi connectivity index (χ2n) is 5.51. The molecule has 1 fully saturated rings. The van der Waals surface area contributed by atoms with Crippen LogP contribution in [-0.2, 0) is 16.0 Å². The van der Waals surface area contributed by atoms with Crippen LogP contribution >= 0.6 is 0 Å². The number of carbonyl (C=O) groups is 2. The second kappa shape index (κ2) is 5.75. The van der Waals surface area contributed by atoms with Crippen LogP contribution in [0.5, 0.6) is 0 Å². The molecule has 0 radical (unpaired) electrons. The van der Waals surface area contributed by atoms with Gasteiger partial charge < -0.3 is 15.6 Å². The summed E-state index contributed by atoms with van der Waals surface area (Å²) in [6.45, 7) is -0.0537. The summed E-state index contributed by atoms with van der Waals surface area (Å²) < 4.78 is 13.5. The van der Waals surface area contributed by atoms with Crippen molar-refractivity contribution in [1.82, 2.24) is 14.9 Å². The molecule has 6 nitrogen and oxygen atoms in total. The molecule has 0 saturated carbocycles. The summed E-state index contributed by atoms with van der Waals surface area (Å²) in [5.41, 5.74) is 6.98. The zero-order valence-corrected chi connectivity index (χ0v) is 12.0. The molecule has 1 aliphatic rings. The fourth-order valence-corrected chi connectivity index (χ4v) is 2.93. The molecule has 2 atom stereocenters. The van der Waals surface area contributed by atoms with Crippen LogP contribution in [0.3, 0.4) is 0 Å². The average molecular weight is 304 g/mol. The molecule has 116 valence electrons. The number of nitrogens with two attached hydrogens (primary N) is 1. The number of amides is 2. The normalized spacial score (nSPS) is 21.4. The van der Waals surface area contributed by atoms with E-state index in [2.05, 4.69) is 9.97 Å². The van der Waals surface area contributed by atoms with Crippen LogP contribution in [0.4, 0.5) is 4.39 Å². The number of carbonyl (C=O) groups excluding carboxylic acids is 2. The Balaban J connectivity index is 1.68. The smallest absolute Gasteiger partial charge is 0.240 e. The Morgan fingerprint density at radius 2 is 2.32 bits per heavy atom. The van der Waals surface area contributed by atoms with Gasteiger partial charge in [-0.1, -0.05) is 0 Å². The molecule has 22 heavy (non-hydrogen) atoms. The highest BCUT2D eigenvalue weighted by Gasteiger charge is 2.38. The Labute approximate surface area is 126 Å². The van der Waals surface area contributed by atoms with Gasteiger partial charge >= 0.3 is 0 Å². The Morgan fingerprint density at radius 3 is 3.09 bits per heavy atom. The maximum atomic E-state index is 13.5. The van der Waals surface area contributed by atoms with Gasteiger partial charge in [-0.3, -0.25) is 9.59 Å². The lowest BCUT2D eigenvalue weighted by Crippen LogP contribution is -2.43. The molecule has 0 bridgehead atoms. The third-order valence-electron chi connectivity index (χ3n) is 4.04. The standard InChI is InChI=1S/C15H17FN4O2/c16-10-6-12(14(17)22)20(8-10)13(21)4-3-9-7-19-15-11(9)2-1-5-18-15/h1-2,5,7,10,12H,3-4,6,8H2,(H2,17,22)(H,18,19)/t10-,12+/m1/s1. The van der Waals surface area contributed by atoms with Gasteiger partial charge in [-0.25, -0.2) is 9.37 Å². The zero-order chi connectivity index (χ0) is 15.7. The van der Waals surface area contributed by atoms with Crippen LogP contribution in [0.1, 0.15) is 18.4 Å². The molecule has 2 amide bonds. The van der Waals surface area contributed by atoms with E-state index in [1.165, 1.54) is 4.90 Å². The van der Waals surface area contributed by atoms with E-state index < -0.39 is 18.1 Å². The topological polar surface area (TPSA) is 92.1 Å². The summed E-state index contributed by atoms with van der Waals surface area (Å²) in [6.07, 6.45) is 3.04. The van der Waals surface area contributed by atoms with Crippen LogP contribution in [0.2, 0.25) is 0 Å². The van der Waals surface area contributed by atoms with Gasteiger partial charge in [-0.05, 0) is 24.1 Å². The van der Waals surface area contributed by atoms with E-state index in [-0.39, 0.29) is 25.3 Å². The summed E-state index contributed by atoms with van der Waals surface area (Å²) in [4.78, 5) is 32.1. The number of halogens is 1. The number of primary amides is 1. The number of alkyl halides is 1. The third kappa shape index (κ3) is 2.66. The highest BCUT2D eigenvalue weighted by molar-refractivity contribution is 5.88. The largest absolute Gasteiger partial charge is 0.368 e. The average Bonchev–Trinajstić information content (AvgIpc) is 3.08. The Hall–Kier alpha value is -2.44. The predicted octanol–water partition coefficient (Wildman–Crippen LogP) is 0.920. The molecular weight excluding hydrogens is 287 g/mol. The number of H-pyrrole nitrogens is 1. The Bertz CT molecular complexity index is 714. The molecule has 3 N–H and O–H groups in total. The second-order valence-corrected chi connectivity index (χ2v) is 5.51. The van der Waals surface area contributed by atoms with Crippen molar-refractivity contribution in [2.24, 2.45) is 5.73 Å². The first-order valence-electron chi connectivity index (χ1n) is 7.20. The lowest BCUT2D eigenvalue weighted by molar-refractivity contribution is -0.137. The van der Waals surface area contributed by atoms with E-state index in [1.54, 1.807) is 6.20 Å². The number of aromatic nitrogens is 2. The number of hydrogen-bond donors (Lipinski definition) is 2. The van der Waals surface area contributed by atoms with E-state index in [9.17, 15) is 14.0 Å². The molecule has 0 aromatic carbocycles. The Kier molecular flexibility index (Phi) is 3.79. The van der Waals surface area contributed by atoms with Crippen molar-refractivity contribution in [3.8, 4) is 0 Å². The van der Waals surface area contributed by atoms with E-state index in [0.717, 1.165) is 16.6 Å². The number of pyridine rings is 1. The Morgan fingerprint density at radius 1 is 1.50 bits per heavy atom. The molecule has 2 aromatic heterocycles. The van der Waals surface area contributed by atoms with E-state index in [0.29, 0.717) is 6.42 Å². The van der Waals surface area contributed by atoms with Gasteiger partial charge in [0.1, 0.15) is 17.9 Å². The van der Waals surface area contributed by atoms with Gasteiger partial charge in [-0.15, -0.1) is 0 Å². The van der Waals surface area contributed by atoms with E-state index in [1.807, 2.05) is 18.3 Å². The minimum atomic E-state index is -1.18. The van der Waals surface area contributed by atoms with Gasteiger partial charge in [-0.2, -0.15) is 0 Å². The fraction of sp³-hybridized carbons (Fsp3) is 0.400. The minimum absolute atomic E-state index is 0.00191. The number of likely N-dealkylation sites (tertiary alicyclic amines) is 1. The van der Waals surface area contributed by atoms with Crippen LogP contribution in [-0.4, -0.2) is 45.4 Å². The van der Waals surface area contributed by atoms with Gasteiger partial charge in [0.25, 0.3) is 0 Å². The summed E-state index contributed by atoms with van der Waals surface area (Å²) in [6, 6.07) is 2.93. The molecule has 1 saturated heterocycles. The van der Waals surface area contributed by atoms with Crippen LogP contribution in [0.15, 0.2) is 24.5 Å². The summed E-state index contributed by atoms with van der Waals surface area (Å²) in [5.74, 6) is -0.896. The number of hydrogen-bond acceptors (Lipinski definition) is 3. The summed E-state index contributed by atoms with van der Waals surface area (Å²) in [7, 11) is 0. The molecule has 1 aliphatic heterocycles. The van der Waals surface area contributed by atoms with Crippen molar-refractivity contribution in [2.75, 3.05) is 6.54 Å². The lowest BCUT2D eigenvalue weighted by Gasteiger charge is -2.21. The molecule has 0 unspecified atom stereocenters. The van der Waals surface area contributed by atoms with Gasteiger partial charge in [0.05, 0.1) is 6.54 Å². The van der Waals surface area contributed by atoms with E-state index >= 15 is 0 Å². The molecule has 0 aliphatic carbocycles. The zero-order valence-electron chi connectivity index (χ0n) is 12.0. The van der Waals surface area contributed by atoms with Crippen LogP contribution in [0, 0.1) is 0 Å². The highest BCUT2D eigenvalue weighted by atomic mass is 19.1. The lowest BCUT2D eigenvalue weighted by atomic mass is 10.1. The van der Waals surface area contributed by atoms with Crippen molar-refractivity contribution in [3.05, 3.63) is 30.1 Å². The number of aryl methyl sites for hydroxylation is 1. The van der Waals surface area contributed by atoms with Crippen molar-refractivity contribution < 1.29 is 14.0 Å². The fourth-order valence-electron chi connectivity index (χ4n) is 2.93. The quantitative estimate of drug-likeness (QED) is 0.879. The molecule has 7 heteroatoms. The third-order valence-corrected chi connectivity index (χ3v) is 4.04. The predicted molar refractivity (Wildman–Crippen MR) is 78.6 cm³/mol. The number of fused-ring (bicyclic) bond motifs is 1. The maximum Gasteiger partial charge on any atom is 0.240 e. The van der Waals surface area contributed by atoms with Gasteiger partial charge in [0.2, 0.25) is 11.8 Å². The number of rotatable bonds is 4. The highest BCUT2D eigenvalue weighted by Crippen LogP contribution is 2.23. The van der Waals surface area contributed by atoms with Gasteiger partial charge in [0, 0.05) is 30.6 Å². The first-order valence-corrected chi connectivity index (χ1v) is 7.20. The van der Waals surface area contributed by atoms with E-state index in [4.69, 9.17) is 5.73 Å². The number of nitrogens with zero attached hydrogens (tertiary/aromatic N) is 2. The monoisotopic (exact) mass is 304 g/mol. The van der Waals surface area contributed by atoms with Crippen LogP contribution < -0.4 is 5.73 Å². The molecule has 3 rings (SSSR count). The van der Waals surface area contributed by atoms with Crippen molar-refractivity contribution in [1.29, 1.82) is 0 Å². The van der Waals surface area contributed by atoms with Crippen molar-refractivity contribution >= 4 is 22.8 Å². The molecule has 2 aromatic rings. The first kappa shape index (κ1) is 14.5. The summed E-state index contributed by atoms with van der Waals surface area (Å²) >= 11 is 0. The number of aromatic amines is 1. The van der Waals surface area contributed by atoms with Crippen molar-refractivity contribution in [3.63, 3.8) is 0 Å². The molecular formula is C15H17FN4O2.